The van der Waals surface area contributed by atoms with Crippen LogP contribution in [0.2, 0.25) is 0 Å². The molecule has 3 heteroatoms. The normalized spacial score (nSPS) is 25.9. The van der Waals surface area contributed by atoms with Gasteiger partial charge in [0.15, 0.2) is 12.4 Å². The summed E-state index contributed by atoms with van der Waals surface area (Å²) in [7, 11) is 0. The number of aryl methyl sites for hydroxylation is 1. The number of hydrogen-bond donors (Lipinski definition) is 0. The van der Waals surface area contributed by atoms with Crippen LogP contribution in [0.15, 0.2) is 24.5 Å². The van der Waals surface area contributed by atoms with E-state index in [1.807, 2.05) is 36.0 Å². The molecule has 21 heavy (non-hydrogen) atoms. The number of rotatable bonds is 4. The van der Waals surface area contributed by atoms with Gasteiger partial charge in [0, 0.05) is 12.1 Å². The SMILES string of the molecule is Cc1cc[n+](CC(=O)OC2CC(C)CCC2C(C)C)cc1. The lowest BCUT2D eigenvalue weighted by Gasteiger charge is -2.36. The van der Waals surface area contributed by atoms with Crippen LogP contribution in [0.25, 0.3) is 0 Å². The summed E-state index contributed by atoms with van der Waals surface area (Å²) in [5.74, 6) is 1.62. The Bertz CT molecular complexity index is 467. The van der Waals surface area contributed by atoms with Crippen LogP contribution in [0.3, 0.4) is 0 Å². The fraction of sp³-hybridized carbons (Fsp3) is 0.667. The third-order valence-electron chi connectivity index (χ3n) is 4.61. The standard InChI is InChI=1S/C18H28NO2/c1-13(2)16-6-5-15(4)11-17(16)21-18(20)12-19-9-7-14(3)8-10-19/h7-10,13,15-17H,5-6,11-12H2,1-4H3/q+1. The summed E-state index contributed by atoms with van der Waals surface area (Å²) in [6.07, 6.45) is 7.39. The van der Waals surface area contributed by atoms with Crippen molar-refractivity contribution < 1.29 is 14.1 Å². The second kappa shape index (κ2) is 7.06. The maximum absolute atomic E-state index is 12.2. The van der Waals surface area contributed by atoms with Crippen molar-refractivity contribution in [1.82, 2.24) is 0 Å². The second-order valence-corrected chi connectivity index (χ2v) is 6.90. The van der Waals surface area contributed by atoms with Gasteiger partial charge in [-0.15, -0.1) is 0 Å². The lowest BCUT2D eigenvalue weighted by molar-refractivity contribution is -0.686. The van der Waals surface area contributed by atoms with Gasteiger partial charge in [0.2, 0.25) is 6.54 Å². The number of ether oxygens (including phenoxy) is 1. The van der Waals surface area contributed by atoms with Gasteiger partial charge in [0.25, 0.3) is 0 Å². The van der Waals surface area contributed by atoms with E-state index in [-0.39, 0.29) is 12.1 Å². The average molecular weight is 290 g/mol. The highest BCUT2D eigenvalue weighted by Gasteiger charge is 2.33. The monoisotopic (exact) mass is 290 g/mol. The van der Waals surface area contributed by atoms with Crippen LogP contribution in [0, 0.1) is 24.7 Å². The van der Waals surface area contributed by atoms with Gasteiger partial charge in [0.05, 0.1) is 0 Å². The first-order valence-electron chi connectivity index (χ1n) is 8.11. The van der Waals surface area contributed by atoms with Crippen LogP contribution < -0.4 is 4.57 Å². The van der Waals surface area contributed by atoms with Crippen molar-refractivity contribution in [3.63, 3.8) is 0 Å². The molecule has 0 radical (unpaired) electrons. The van der Waals surface area contributed by atoms with Crippen LogP contribution in [0.4, 0.5) is 0 Å². The zero-order valence-electron chi connectivity index (χ0n) is 13.7. The van der Waals surface area contributed by atoms with E-state index in [0.717, 1.165) is 6.42 Å². The maximum Gasteiger partial charge on any atom is 0.372 e. The smallest absolute Gasteiger partial charge is 0.372 e. The molecule has 1 aliphatic carbocycles. The number of hydrogen-bond acceptors (Lipinski definition) is 2. The Hall–Kier alpha value is -1.38. The molecule has 1 aromatic heterocycles. The minimum Gasteiger partial charge on any atom is -0.457 e. The summed E-state index contributed by atoms with van der Waals surface area (Å²) in [5.41, 5.74) is 1.19. The first-order valence-corrected chi connectivity index (χ1v) is 8.11. The van der Waals surface area contributed by atoms with E-state index in [2.05, 4.69) is 20.8 Å². The van der Waals surface area contributed by atoms with Gasteiger partial charge in [-0.25, -0.2) is 4.79 Å². The van der Waals surface area contributed by atoms with Gasteiger partial charge in [-0.1, -0.05) is 27.2 Å². The molecular formula is C18H28NO2+. The predicted molar refractivity (Wildman–Crippen MR) is 82.6 cm³/mol. The molecule has 0 aromatic carbocycles. The van der Waals surface area contributed by atoms with Gasteiger partial charge >= 0.3 is 5.97 Å². The molecule has 0 spiro atoms. The number of aromatic nitrogens is 1. The minimum absolute atomic E-state index is 0.0901. The van der Waals surface area contributed by atoms with Crippen molar-refractivity contribution in [1.29, 1.82) is 0 Å². The minimum atomic E-state index is -0.117. The van der Waals surface area contributed by atoms with E-state index in [0.29, 0.717) is 24.3 Å². The summed E-state index contributed by atoms with van der Waals surface area (Å²) in [5, 5.41) is 0. The maximum atomic E-state index is 12.2. The summed E-state index contributed by atoms with van der Waals surface area (Å²) >= 11 is 0. The summed E-state index contributed by atoms with van der Waals surface area (Å²) in [6, 6.07) is 4.01. The molecule has 1 aromatic rings. The van der Waals surface area contributed by atoms with E-state index < -0.39 is 0 Å². The molecule has 3 unspecified atom stereocenters. The molecule has 3 nitrogen and oxygen atoms in total. The number of carbonyl (C=O) groups is 1. The van der Waals surface area contributed by atoms with E-state index in [1.165, 1.54) is 18.4 Å². The Labute approximate surface area is 128 Å². The molecule has 1 saturated carbocycles. The van der Waals surface area contributed by atoms with Crippen LogP contribution >= 0.6 is 0 Å². The Balaban J connectivity index is 1.94. The Kier molecular flexibility index (Phi) is 5.38. The molecular weight excluding hydrogens is 262 g/mol. The van der Waals surface area contributed by atoms with E-state index in [9.17, 15) is 4.79 Å². The molecule has 1 aliphatic rings. The van der Waals surface area contributed by atoms with Gasteiger partial charge in [-0.2, -0.15) is 4.57 Å². The Morgan fingerprint density at radius 2 is 2.00 bits per heavy atom. The molecule has 0 bridgehead atoms. The van der Waals surface area contributed by atoms with Crippen molar-refractivity contribution in [3.05, 3.63) is 30.1 Å². The fourth-order valence-corrected chi connectivity index (χ4v) is 3.24. The third-order valence-corrected chi connectivity index (χ3v) is 4.61. The second-order valence-electron chi connectivity index (χ2n) is 6.90. The average Bonchev–Trinajstić information content (AvgIpc) is 2.41. The highest BCUT2D eigenvalue weighted by molar-refractivity contribution is 5.67. The summed E-state index contributed by atoms with van der Waals surface area (Å²) in [6.45, 7) is 9.06. The predicted octanol–water partition coefficient (Wildman–Crippen LogP) is 3.29. The van der Waals surface area contributed by atoms with Crippen LogP contribution in [-0.2, 0) is 16.1 Å². The molecule has 0 amide bonds. The highest BCUT2D eigenvalue weighted by atomic mass is 16.5. The molecule has 0 saturated heterocycles. The van der Waals surface area contributed by atoms with E-state index in [1.54, 1.807) is 0 Å². The molecule has 0 aliphatic heterocycles. The number of esters is 1. The molecule has 2 rings (SSSR count). The van der Waals surface area contributed by atoms with Crippen molar-refractivity contribution in [2.45, 2.75) is 59.6 Å². The number of carbonyl (C=O) groups excluding carboxylic acids is 1. The molecule has 3 atom stereocenters. The molecule has 0 N–H and O–H groups in total. The Morgan fingerprint density at radius 3 is 2.62 bits per heavy atom. The van der Waals surface area contributed by atoms with Gasteiger partial charge in [-0.3, -0.25) is 0 Å². The molecule has 1 fully saturated rings. The highest BCUT2D eigenvalue weighted by Crippen LogP contribution is 2.35. The fourth-order valence-electron chi connectivity index (χ4n) is 3.24. The third kappa shape index (κ3) is 4.55. The quantitative estimate of drug-likeness (QED) is 0.629. The largest absolute Gasteiger partial charge is 0.457 e. The van der Waals surface area contributed by atoms with E-state index in [4.69, 9.17) is 4.74 Å². The number of nitrogens with zero attached hydrogens (tertiary/aromatic N) is 1. The van der Waals surface area contributed by atoms with E-state index >= 15 is 0 Å². The summed E-state index contributed by atoms with van der Waals surface area (Å²) < 4.78 is 7.69. The van der Waals surface area contributed by atoms with Crippen molar-refractivity contribution >= 4 is 5.97 Å². The topological polar surface area (TPSA) is 30.2 Å². The zero-order valence-corrected chi connectivity index (χ0v) is 13.7. The lowest BCUT2D eigenvalue weighted by atomic mass is 9.75. The van der Waals surface area contributed by atoms with Crippen molar-refractivity contribution in [2.75, 3.05) is 0 Å². The van der Waals surface area contributed by atoms with Crippen LogP contribution in [0.5, 0.6) is 0 Å². The molecule has 116 valence electrons. The summed E-state index contributed by atoms with van der Waals surface area (Å²) in [4.78, 5) is 12.2. The van der Waals surface area contributed by atoms with Crippen LogP contribution in [-0.4, -0.2) is 12.1 Å². The van der Waals surface area contributed by atoms with Gasteiger partial charge < -0.3 is 4.74 Å². The number of pyridine rings is 1. The lowest BCUT2D eigenvalue weighted by Crippen LogP contribution is -2.42. The first-order chi connectivity index (χ1) is 9.95. The van der Waals surface area contributed by atoms with Crippen molar-refractivity contribution in [3.8, 4) is 0 Å². The van der Waals surface area contributed by atoms with Gasteiger partial charge in [-0.05, 0) is 43.1 Å². The zero-order chi connectivity index (χ0) is 15.4. The van der Waals surface area contributed by atoms with Crippen LogP contribution in [0.1, 0.15) is 45.6 Å². The molecule has 1 heterocycles. The first kappa shape index (κ1) is 16.0. The van der Waals surface area contributed by atoms with Gasteiger partial charge in [0.1, 0.15) is 6.10 Å². The van der Waals surface area contributed by atoms with Crippen molar-refractivity contribution in [2.24, 2.45) is 17.8 Å². The Morgan fingerprint density at radius 1 is 1.33 bits per heavy atom.